The van der Waals surface area contributed by atoms with Gasteiger partial charge in [-0.1, -0.05) is 6.07 Å². The van der Waals surface area contributed by atoms with Crippen molar-refractivity contribution in [3.05, 3.63) is 29.6 Å². The molecule has 0 spiro atoms. The van der Waals surface area contributed by atoms with Crippen LogP contribution < -0.4 is 16.0 Å². The van der Waals surface area contributed by atoms with E-state index >= 15 is 0 Å². The van der Waals surface area contributed by atoms with E-state index in [0.29, 0.717) is 12.8 Å². The summed E-state index contributed by atoms with van der Waals surface area (Å²) in [6.07, 6.45) is -1.55. The standard InChI is InChI=1S/C13H19F3N2O2/c1-19-12-3-2-9(7-11(12)14)6-10(18-17)4-5-20-8-13(15)16/h2-3,7,10,13,18H,4-6,8,17H2,1H3. The number of alkyl halides is 2. The highest BCUT2D eigenvalue weighted by atomic mass is 19.3. The first kappa shape index (κ1) is 16.7. The van der Waals surface area contributed by atoms with Crippen LogP contribution in [-0.2, 0) is 11.2 Å². The molecule has 0 amide bonds. The minimum Gasteiger partial charge on any atom is -0.494 e. The van der Waals surface area contributed by atoms with Crippen LogP contribution >= 0.6 is 0 Å². The average molecular weight is 292 g/mol. The van der Waals surface area contributed by atoms with Crippen LogP contribution in [0.4, 0.5) is 13.2 Å². The van der Waals surface area contributed by atoms with Crippen molar-refractivity contribution in [1.29, 1.82) is 0 Å². The van der Waals surface area contributed by atoms with Crippen LogP contribution in [0.1, 0.15) is 12.0 Å². The second-order valence-corrected chi connectivity index (χ2v) is 4.29. The maximum absolute atomic E-state index is 13.5. The highest BCUT2D eigenvalue weighted by Crippen LogP contribution is 2.18. The van der Waals surface area contributed by atoms with Crippen LogP contribution in [0.3, 0.4) is 0 Å². The Hall–Kier alpha value is -1.31. The maximum Gasteiger partial charge on any atom is 0.261 e. The van der Waals surface area contributed by atoms with Crippen LogP contribution in [0.15, 0.2) is 18.2 Å². The summed E-state index contributed by atoms with van der Waals surface area (Å²) in [5.74, 6) is 5.11. The van der Waals surface area contributed by atoms with Gasteiger partial charge in [-0.2, -0.15) is 0 Å². The lowest BCUT2D eigenvalue weighted by Gasteiger charge is -2.16. The molecule has 1 atom stereocenters. The number of rotatable bonds is 9. The summed E-state index contributed by atoms with van der Waals surface area (Å²) in [5.41, 5.74) is 3.30. The van der Waals surface area contributed by atoms with E-state index in [9.17, 15) is 13.2 Å². The van der Waals surface area contributed by atoms with Gasteiger partial charge in [-0.3, -0.25) is 11.3 Å². The number of hydrogen-bond acceptors (Lipinski definition) is 4. The first-order chi connectivity index (χ1) is 9.56. The molecule has 114 valence electrons. The monoisotopic (exact) mass is 292 g/mol. The van der Waals surface area contributed by atoms with E-state index in [4.69, 9.17) is 15.3 Å². The van der Waals surface area contributed by atoms with Crippen molar-refractivity contribution in [1.82, 2.24) is 5.43 Å². The molecule has 0 aliphatic heterocycles. The van der Waals surface area contributed by atoms with Gasteiger partial charge in [-0.15, -0.1) is 0 Å². The van der Waals surface area contributed by atoms with Gasteiger partial charge in [0.05, 0.1) is 7.11 Å². The Bertz CT molecular complexity index is 405. The zero-order chi connectivity index (χ0) is 15.0. The molecule has 0 radical (unpaired) electrons. The van der Waals surface area contributed by atoms with Gasteiger partial charge in [0.15, 0.2) is 11.6 Å². The molecule has 0 aliphatic carbocycles. The fourth-order valence-corrected chi connectivity index (χ4v) is 1.76. The largest absolute Gasteiger partial charge is 0.494 e. The van der Waals surface area contributed by atoms with E-state index in [1.807, 2.05) is 0 Å². The van der Waals surface area contributed by atoms with Gasteiger partial charge in [0.25, 0.3) is 6.43 Å². The third-order valence-corrected chi connectivity index (χ3v) is 2.79. The molecule has 0 aromatic heterocycles. The summed E-state index contributed by atoms with van der Waals surface area (Å²) in [7, 11) is 1.39. The van der Waals surface area contributed by atoms with Crippen molar-refractivity contribution in [3.8, 4) is 5.75 Å². The number of hydrogen-bond donors (Lipinski definition) is 2. The lowest BCUT2D eigenvalue weighted by molar-refractivity contribution is 0.0144. The third kappa shape index (κ3) is 5.77. The van der Waals surface area contributed by atoms with Crippen LogP contribution in [0, 0.1) is 5.82 Å². The van der Waals surface area contributed by atoms with Gasteiger partial charge < -0.3 is 9.47 Å². The number of hydrazine groups is 1. The second-order valence-electron chi connectivity index (χ2n) is 4.29. The topological polar surface area (TPSA) is 56.5 Å². The first-order valence-corrected chi connectivity index (χ1v) is 6.21. The minimum absolute atomic E-state index is 0.165. The van der Waals surface area contributed by atoms with Crippen molar-refractivity contribution in [2.75, 3.05) is 20.3 Å². The SMILES string of the molecule is COc1ccc(CC(CCOCC(F)F)NN)cc1F. The lowest BCUT2D eigenvalue weighted by Crippen LogP contribution is -2.37. The number of nitrogens with two attached hydrogens (primary N) is 1. The Balaban J connectivity index is 2.45. The predicted octanol–water partition coefficient (Wildman–Crippen LogP) is 1.88. The number of benzene rings is 1. The Labute approximate surface area is 116 Å². The van der Waals surface area contributed by atoms with E-state index in [1.54, 1.807) is 6.07 Å². The Morgan fingerprint density at radius 3 is 2.65 bits per heavy atom. The van der Waals surface area contributed by atoms with Gasteiger partial charge >= 0.3 is 0 Å². The molecule has 0 aliphatic rings. The zero-order valence-electron chi connectivity index (χ0n) is 11.2. The van der Waals surface area contributed by atoms with Gasteiger partial charge in [0.1, 0.15) is 6.61 Å². The van der Waals surface area contributed by atoms with E-state index in [2.05, 4.69) is 5.43 Å². The van der Waals surface area contributed by atoms with Crippen molar-refractivity contribution < 1.29 is 22.6 Å². The molecule has 1 aromatic carbocycles. The summed E-state index contributed by atoms with van der Waals surface area (Å²) in [6.45, 7) is -0.424. The molecule has 4 nitrogen and oxygen atoms in total. The van der Waals surface area contributed by atoms with Gasteiger partial charge in [-0.25, -0.2) is 13.2 Å². The van der Waals surface area contributed by atoms with Gasteiger partial charge in [-0.05, 0) is 30.5 Å². The highest BCUT2D eigenvalue weighted by Gasteiger charge is 2.11. The molecule has 0 fully saturated rings. The van der Waals surface area contributed by atoms with E-state index in [-0.39, 0.29) is 18.4 Å². The number of halogens is 3. The van der Waals surface area contributed by atoms with Crippen LogP contribution in [-0.4, -0.2) is 32.8 Å². The normalized spacial score (nSPS) is 12.7. The van der Waals surface area contributed by atoms with Crippen LogP contribution in [0.2, 0.25) is 0 Å². The molecule has 20 heavy (non-hydrogen) atoms. The smallest absolute Gasteiger partial charge is 0.261 e. The van der Waals surface area contributed by atoms with Crippen molar-refractivity contribution in [2.24, 2.45) is 5.84 Å². The predicted molar refractivity (Wildman–Crippen MR) is 69.2 cm³/mol. The number of methoxy groups -OCH3 is 1. The summed E-state index contributed by atoms with van der Waals surface area (Å²) in [5, 5.41) is 0. The molecule has 0 bridgehead atoms. The molecular weight excluding hydrogens is 273 g/mol. The quantitative estimate of drug-likeness (QED) is 0.414. The van der Waals surface area contributed by atoms with Crippen molar-refractivity contribution in [3.63, 3.8) is 0 Å². The van der Waals surface area contributed by atoms with Crippen molar-refractivity contribution >= 4 is 0 Å². The summed E-state index contributed by atoms with van der Waals surface area (Å²) in [6, 6.07) is 4.45. The van der Waals surface area contributed by atoms with Crippen molar-refractivity contribution in [2.45, 2.75) is 25.3 Å². The number of ether oxygens (including phenoxy) is 2. The molecule has 1 rings (SSSR count). The van der Waals surface area contributed by atoms with Crippen LogP contribution in [0.5, 0.6) is 5.75 Å². The average Bonchev–Trinajstić information content (AvgIpc) is 2.42. The van der Waals surface area contributed by atoms with Gasteiger partial charge in [0.2, 0.25) is 0 Å². The van der Waals surface area contributed by atoms with E-state index in [1.165, 1.54) is 19.2 Å². The first-order valence-electron chi connectivity index (χ1n) is 6.21. The number of nitrogens with one attached hydrogen (secondary N) is 1. The zero-order valence-corrected chi connectivity index (χ0v) is 11.2. The van der Waals surface area contributed by atoms with Gasteiger partial charge in [0, 0.05) is 12.6 Å². The highest BCUT2D eigenvalue weighted by molar-refractivity contribution is 5.29. The third-order valence-electron chi connectivity index (χ3n) is 2.79. The lowest BCUT2D eigenvalue weighted by atomic mass is 10.0. The van der Waals surface area contributed by atoms with E-state index in [0.717, 1.165) is 5.56 Å². The molecule has 0 saturated heterocycles. The fourth-order valence-electron chi connectivity index (χ4n) is 1.76. The Kier molecular flexibility index (Phi) is 7.35. The molecule has 0 heterocycles. The summed E-state index contributed by atoms with van der Waals surface area (Å²) in [4.78, 5) is 0. The second kappa shape index (κ2) is 8.78. The van der Waals surface area contributed by atoms with Crippen LogP contribution in [0.25, 0.3) is 0 Å². The molecule has 1 unspecified atom stereocenters. The Morgan fingerprint density at radius 1 is 1.35 bits per heavy atom. The summed E-state index contributed by atoms with van der Waals surface area (Å²) >= 11 is 0. The molecule has 1 aromatic rings. The molecule has 0 saturated carbocycles. The molecular formula is C13H19F3N2O2. The minimum atomic E-state index is -2.48. The Morgan fingerprint density at radius 2 is 2.10 bits per heavy atom. The summed E-state index contributed by atoms with van der Waals surface area (Å²) < 4.78 is 46.9. The molecule has 3 N–H and O–H groups in total. The van der Waals surface area contributed by atoms with E-state index < -0.39 is 18.8 Å². The molecule has 7 heteroatoms. The fraction of sp³-hybridized carbons (Fsp3) is 0.538. The maximum atomic E-state index is 13.5.